The van der Waals surface area contributed by atoms with Crippen LogP contribution in [0.4, 0.5) is 0 Å². The van der Waals surface area contributed by atoms with E-state index in [0.29, 0.717) is 17.6 Å². The third-order valence-electron chi connectivity index (χ3n) is 2.52. The van der Waals surface area contributed by atoms with E-state index in [1.165, 1.54) is 11.8 Å². The SMILES string of the molecule is CCOC(=O)c1nnc(SCCOc2ccccc2C)o1. The monoisotopic (exact) mass is 308 g/mol. The lowest BCUT2D eigenvalue weighted by molar-refractivity contribution is 0.0475. The van der Waals surface area contributed by atoms with Gasteiger partial charge in [-0.1, -0.05) is 35.1 Å². The second-order valence-electron chi connectivity index (χ2n) is 4.06. The average molecular weight is 308 g/mol. The van der Waals surface area contributed by atoms with Crippen LogP contribution in [0.15, 0.2) is 33.9 Å². The smallest absolute Gasteiger partial charge is 0.396 e. The van der Waals surface area contributed by atoms with E-state index < -0.39 is 5.97 Å². The molecule has 0 radical (unpaired) electrons. The number of esters is 1. The zero-order valence-corrected chi connectivity index (χ0v) is 12.7. The lowest BCUT2D eigenvalue weighted by atomic mass is 10.2. The largest absolute Gasteiger partial charge is 0.492 e. The molecule has 0 unspecified atom stereocenters. The predicted molar refractivity (Wildman–Crippen MR) is 77.7 cm³/mol. The van der Waals surface area contributed by atoms with Crippen molar-refractivity contribution in [2.45, 2.75) is 19.1 Å². The van der Waals surface area contributed by atoms with Crippen LogP contribution in [0.1, 0.15) is 23.2 Å². The van der Waals surface area contributed by atoms with Crippen LogP contribution < -0.4 is 4.74 Å². The Labute approximate surface area is 126 Å². The highest BCUT2D eigenvalue weighted by Crippen LogP contribution is 2.19. The van der Waals surface area contributed by atoms with E-state index in [9.17, 15) is 4.79 Å². The fraction of sp³-hybridized carbons (Fsp3) is 0.357. The molecule has 1 aromatic heterocycles. The Bertz CT molecular complexity index is 600. The minimum Gasteiger partial charge on any atom is -0.492 e. The molecule has 0 amide bonds. The quantitative estimate of drug-likeness (QED) is 0.442. The molecule has 0 spiro atoms. The predicted octanol–water partition coefficient (Wildman–Crippen LogP) is 2.73. The Kier molecular flexibility index (Phi) is 5.62. The molecule has 0 saturated carbocycles. The van der Waals surface area contributed by atoms with Gasteiger partial charge in [0.25, 0.3) is 5.22 Å². The molecule has 0 saturated heterocycles. The standard InChI is InChI=1S/C14H16N2O4S/c1-3-18-13(17)12-15-16-14(20-12)21-9-8-19-11-7-5-4-6-10(11)2/h4-7H,3,8-9H2,1-2H3. The lowest BCUT2D eigenvalue weighted by Gasteiger charge is -2.07. The molecule has 0 fully saturated rings. The van der Waals surface area contributed by atoms with Crippen molar-refractivity contribution in [3.05, 3.63) is 35.7 Å². The van der Waals surface area contributed by atoms with Gasteiger partial charge in [0.05, 0.1) is 13.2 Å². The van der Waals surface area contributed by atoms with Gasteiger partial charge in [-0.15, -0.1) is 5.10 Å². The summed E-state index contributed by atoms with van der Waals surface area (Å²) in [6.45, 7) is 4.49. The van der Waals surface area contributed by atoms with Crippen molar-refractivity contribution < 1.29 is 18.7 Å². The van der Waals surface area contributed by atoms with Gasteiger partial charge in [-0.05, 0) is 25.5 Å². The summed E-state index contributed by atoms with van der Waals surface area (Å²) >= 11 is 1.33. The summed E-state index contributed by atoms with van der Waals surface area (Å²) in [7, 11) is 0. The summed E-state index contributed by atoms with van der Waals surface area (Å²) in [6, 6.07) is 7.81. The van der Waals surface area contributed by atoms with Gasteiger partial charge in [0.1, 0.15) is 5.75 Å². The average Bonchev–Trinajstić information content (AvgIpc) is 2.94. The number of thioether (sulfide) groups is 1. The molecule has 1 aromatic carbocycles. The topological polar surface area (TPSA) is 74.5 Å². The molecule has 0 aliphatic rings. The number of carbonyl (C=O) groups excluding carboxylic acids is 1. The van der Waals surface area contributed by atoms with E-state index in [2.05, 4.69) is 10.2 Å². The van der Waals surface area contributed by atoms with Crippen molar-refractivity contribution >= 4 is 17.7 Å². The van der Waals surface area contributed by atoms with Crippen LogP contribution in [-0.4, -0.2) is 35.1 Å². The van der Waals surface area contributed by atoms with Gasteiger partial charge in [-0.25, -0.2) is 4.79 Å². The molecule has 21 heavy (non-hydrogen) atoms. The highest BCUT2D eigenvalue weighted by molar-refractivity contribution is 7.99. The van der Waals surface area contributed by atoms with Gasteiger partial charge in [-0.2, -0.15) is 0 Å². The van der Waals surface area contributed by atoms with E-state index in [1.807, 2.05) is 31.2 Å². The van der Waals surface area contributed by atoms with Crippen molar-refractivity contribution in [3.63, 3.8) is 0 Å². The molecule has 2 rings (SSSR count). The normalized spacial score (nSPS) is 10.4. The number of benzene rings is 1. The van der Waals surface area contributed by atoms with E-state index in [0.717, 1.165) is 11.3 Å². The summed E-state index contributed by atoms with van der Waals surface area (Å²) < 4.78 is 15.6. The van der Waals surface area contributed by atoms with Gasteiger partial charge < -0.3 is 13.9 Å². The maximum absolute atomic E-state index is 11.4. The van der Waals surface area contributed by atoms with Crippen molar-refractivity contribution in [2.75, 3.05) is 19.0 Å². The first-order valence-corrected chi connectivity index (χ1v) is 7.51. The molecule has 0 N–H and O–H groups in total. The van der Waals surface area contributed by atoms with Crippen molar-refractivity contribution in [1.82, 2.24) is 10.2 Å². The Morgan fingerprint density at radius 2 is 2.14 bits per heavy atom. The number of aryl methyl sites for hydroxylation is 1. The Morgan fingerprint density at radius 1 is 1.33 bits per heavy atom. The third kappa shape index (κ3) is 4.49. The molecule has 112 valence electrons. The summed E-state index contributed by atoms with van der Waals surface area (Å²) in [5.74, 6) is 0.765. The fourth-order valence-corrected chi connectivity index (χ4v) is 2.12. The first kappa shape index (κ1) is 15.4. The maximum atomic E-state index is 11.4. The zero-order valence-electron chi connectivity index (χ0n) is 11.9. The van der Waals surface area contributed by atoms with E-state index in [1.54, 1.807) is 6.92 Å². The van der Waals surface area contributed by atoms with Gasteiger partial charge in [-0.3, -0.25) is 0 Å². The van der Waals surface area contributed by atoms with Crippen molar-refractivity contribution in [3.8, 4) is 5.75 Å². The molecule has 6 nitrogen and oxygen atoms in total. The fourth-order valence-electron chi connectivity index (χ4n) is 1.54. The lowest BCUT2D eigenvalue weighted by Crippen LogP contribution is -2.04. The molecule has 0 aliphatic heterocycles. The summed E-state index contributed by atoms with van der Waals surface area (Å²) in [5, 5.41) is 7.73. The van der Waals surface area contributed by atoms with Crippen LogP contribution in [0.25, 0.3) is 0 Å². The number of ether oxygens (including phenoxy) is 2. The van der Waals surface area contributed by atoms with Crippen molar-refractivity contribution in [1.29, 1.82) is 0 Å². The minimum absolute atomic E-state index is 0.126. The van der Waals surface area contributed by atoms with Crippen molar-refractivity contribution in [2.24, 2.45) is 0 Å². The molecular formula is C14H16N2O4S. The maximum Gasteiger partial charge on any atom is 0.396 e. The first-order valence-electron chi connectivity index (χ1n) is 6.52. The molecule has 1 heterocycles. The zero-order chi connectivity index (χ0) is 15.1. The first-order chi connectivity index (χ1) is 10.2. The van der Waals surface area contributed by atoms with Crippen LogP contribution in [0.5, 0.6) is 5.75 Å². The van der Waals surface area contributed by atoms with E-state index in [-0.39, 0.29) is 12.5 Å². The summed E-state index contributed by atoms with van der Waals surface area (Å²) in [6.07, 6.45) is 0. The Hall–Kier alpha value is -2.02. The number of para-hydroxylation sites is 1. The van der Waals surface area contributed by atoms with E-state index in [4.69, 9.17) is 13.9 Å². The number of carbonyl (C=O) groups is 1. The third-order valence-corrected chi connectivity index (χ3v) is 3.30. The minimum atomic E-state index is -0.604. The highest BCUT2D eigenvalue weighted by Gasteiger charge is 2.15. The number of hydrogen-bond acceptors (Lipinski definition) is 7. The molecule has 7 heteroatoms. The molecule has 0 atom stereocenters. The van der Waals surface area contributed by atoms with Crippen LogP contribution in [0.2, 0.25) is 0 Å². The second-order valence-corrected chi connectivity index (χ2v) is 5.10. The second kappa shape index (κ2) is 7.68. The van der Waals surface area contributed by atoms with Crippen LogP contribution >= 0.6 is 11.8 Å². The number of aromatic nitrogens is 2. The number of nitrogens with zero attached hydrogens (tertiary/aromatic N) is 2. The van der Waals surface area contributed by atoms with Crippen LogP contribution in [-0.2, 0) is 4.74 Å². The Morgan fingerprint density at radius 3 is 2.90 bits per heavy atom. The molecule has 0 bridgehead atoms. The van der Waals surface area contributed by atoms with Gasteiger partial charge >= 0.3 is 11.9 Å². The summed E-state index contributed by atoms with van der Waals surface area (Å²) in [5.41, 5.74) is 1.09. The number of hydrogen-bond donors (Lipinski definition) is 0. The van der Waals surface area contributed by atoms with Crippen LogP contribution in [0, 0.1) is 6.92 Å². The molecule has 2 aromatic rings. The van der Waals surface area contributed by atoms with Crippen LogP contribution in [0.3, 0.4) is 0 Å². The molecular weight excluding hydrogens is 292 g/mol. The van der Waals surface area contributed by atoms with Gasteiger partial charge in [0.2, 0.25) is 0 Å². The van der Waals surface area contributed by atoms with Gasteiger partial charge in [0, 0.05) is 5.75 Å². The number of rotatable bonds is 7. The summed E-state index contributed by atoms with van der Waals surface area (Å²) in [4.78, 5) is 11.4. The Balaban J connectivity index is 1.76. The highest BCUT2D eigenvalue weighted by atomic mass is 32.2. The van der Waals surface area contributed by atoms with E-state index >= 15 is 0 Å². The van der Waals surface area contributed by atoms with Gasteiger partial charge in [0.15, 0.2) is 0 Å². The molecule has 0 aliphatic carbocycles.